The van der Waals surface area contributed by atoms with Gasteiger partial charge in [0.25, 0.3) is 0 Å². The zero-order valence-electron chi connectivity index (χ0n) is 9.62. The molecule has 1 aromatic carbocycles. The van der Waals surface area contributed by atoms with E-state index < -0.39 is 0 Å². The minimum absolute atomic E-state index is 0.155. The van der Waals surface area contributed by atoms with Crippen molar-refractivity contribution in [3.05, 3.63) is 35.4 Å². The van der Waals surface area contributed by atoms with Crippen LogP contribution in [-0.4, -0.2) is 25.7 Å². The van der Waals surface area contributed by atoms with Crippen LogP contribution in [0, 0.1) is 6.92 Å². The standard InChI is InChI=1S/C12H19N3O/c1-10-2-4-11(5-3-10)6-8-14-12(16)15-9-7-13/h2-5H,6-9,13H2,1H3,(H2,14,15,16). The van der Waals surface area contributed by atoms with Gasteiger partial charge in [0, 0.05) is 19.6 Å². The zero-order valence-corrected chi connectivity index (χ0v) is 9.62. The molecule has 0 bridgehead atoms. The van der Waals surface area contributed by atoms with Gasteiger partial charge in [0.15, 0.2) is 0 Å². The Bertz CT molecular complexity index is 322. The van der Waals surface area contributed by atoms with E-state index in [9.17, 15) is 4.79 Å². The van der Waals surface area contributed by atoms with Gasteiger partial charge >= 0.3 is 6.03 Å². The summed E-state index contributed by atoms with van der Waals surface area (Å²) in [5.41, 5.74) is 7.74. The molecular formula is C12H19N3O. The number of hydrogen-bond donors (Lipinski definition) is 3. The number of carbonyl (C=O) groups is 1. The number of carbonyl (C=O) groups excluding carboxylic acids is 1. The Labute approximate surface area is 96.2 Å². The fourth-order valence-electron chi connectivity index (χ4n) is 1.32. The molecule has 4 N–H and O–H groups in total. The molecule has 4 heteroatoms. The molecule has 0 saturated carbocycles. The maximum absolute atomic E-state index is 11.2. The molecule has 1 rings (SSSR count). The van der Waals surface area contributed by atoms with Crippen molar-refractivity contribution in [3.63, 3.8) is 0 Å². The predicted octanol–water partition coefficient (Wildman–Crippen LogP) is 0.795. The summed E-state index contributed by atoms with van der Waals surface area (Å²) in [7, 11) is 0. The molecule has 0 aromatic heterocycles. The van der Waals surface area contributed by atoms with E-state index in [0.717, 1.165) is 6.42 Å². The lowest BCUT2D eigenvalue weighted by Gasteiger charge is -2.06. The van der Waals surface area contributed by atoms with Crippen molar-refractivity contribution in [3.8, 4) is 0 Å². The number of aryl methyl sites for hydroxylation is 1. The summed E-state index contributed by atoms with van der Waals surface area (Å²) in [6, 6.07) is 8.15. The van der Waals surface area contributed by atoms with Gasteiger partial charge in [0.2, 0.25) is 0 Å². The summed E-state index contributed by atoms with van der Waals surface area (Å²) in [5, 5.41) is 5.43. The van der Waals surface area contributed by atoms with E-state index in [1.54, 1.807) is 0 Å². The quantitative estimate of drug-likeness (QED) is 0.688. The largest absolute Gasteiger partial charge is 0.338 e. The molecule has 0 heterocycles. The van der Waals surface area contributed by atoms with Crippen LogP contribution in [0.15, 0.2) is 24.3 Å². The molecule has 0 saturated heterocycles. The van der Waals surface area contributed by atoms with E-state index in [0.29, 0.717) is 19.6 Å². The molecule has 0 aliphatic carbocycles. The summed E-state index contributed by atoms with van der Waals surface area (Å²) in [4.78, 5) is 11.2. The highest BCUT2D eigenvalue weighted by Gasteiger charge is 1.98. The van der Waals surface area contributed by atoms with Crippen LogP contribution in [-0.2, 0) is 6.42 Å². The molecule has 0 aliphatic heterocycles. The molecule has 0 aliphatic rings. The van der Waals surface area contributed by atoms with E-state index in [2.05, 4.69) is 41.8 Å². The summed E-state index contributed by atoms with van der Waals surface area (Å²) in [5.74, 6) is 0. The monoisotopic (exact) mass is 221 g/mol. The topological polar surface area (TPSA) is 67.2 Å². The Hall–Kier alpha value is -1.55. The predicted molar refractivity (Wildman–Crippen MR) is 65.3 cm³/mol. The number of nitrogens with one attached hydrogen (secondary N) is 2. The van der Waals surface area contributed by atoms with Crippen LogP contribution < -0.4 is 16.4 Å². The minimum atomic E-state index is -0.155. The number of rotatable bonds is 5. The Balaban J connectivity index is 2.20. The first kappa shape index (κ1) is 12.5. The number of nitrogens with two attached hydrogens (primary N) is 1. The van der Waals surface area contributed by atoms with Crippen LogP contribution >= 0.6 is 0 Å². The zero-order chi connectivity index (χ0) is 11.8. The average molecular weight is 221 g/mol. The van der Waals surface area contributed by atoms with Gasteiger partial charge in [-0.2, -0.15) is 0 Å². The number of benzene rings is 1. The Kier molecular flexibility index (Phi) is 5.36. The van der Waals surface area contributed by atoms with Crippen LogP contribution in [0.1, 0.15) is 11.1 Å². The molecule has 1 aromatic rings. The molecule has 4 nitrogen and oxygen atoms in total. The van der Waals surface area contributed by atoms with E-state index in [-0.39, 0.29) is 6.03 Å². The molecule has 0 radical (unpaired) electrons. The normalized spacial score (nSPS) is 9.88. The van der Waals surface area contributed by atoms with Crippen molar-refractivity contribution in [2.75, 3.05) is 19.6 Å². The minimum Gasteiger partial charge on any atom is -0.338 e. The maximum Gasteiger partial charge on any atom is 0.314 e. The van der Waals surface area contributed by atoms with Crippen LogP contribution in [0.3, 0.4) is 0 Å². The SMILES string of the molecule is Cc1ccc(CCNC(=O)NCCN)cc1. The number of hydrogen-bond acceptors (Lipinski definition) is 2. The van der Waals surface area contributed by atoms with Crippen molar-refractivity contribution in [2.45, 2.75) is 13.3 Å². The Morgan fingerprint density at radius 2 is 1.81 bits per heavy atom. The number of amides is 2. The van der Waals surface area contributed by atoms with Gasteiger partial charge in [-0.25, -0.2) is 4.79 Å². The highest BCUT2D eigenvalue weighted by Crippen LogP contribution is 2.02. The fraction of sp³-hybridized carbons (Fsp3) is 0.417. The first-order valence-corrected chi connectivity index (χ1v) is 5.49. The average Bonchev–Trinajstić information content (AvgIpc) is 2.29. The third-order valence-electron chi connectivity index (χ3n) is 2.25. The van der Waals surface area contributed by atoms with Crippen LogP contribution in [0.2, 0.25) is 0 Å². The van der Waals surface area contributed by atoms with Gasteiger partial charge in [-0.15, -0.1) is 0 Å². The lowest BCUT2D eigenvalue weighted by molar-refractivity contribution is 0.241. The third kappa shape index (κ3) is 4.79. The van der Waals surface area contributed by atoms with E-state index in [1.165, 1.54) is 11.1 Å². The van der Waals surface area contributed by atoms with Crippen molar-refractivity contribution in [2.24, 2.45) is 5.73 Å². The fourth-order valence-corrected chi connectivity index (χ4v) is 1.32. The van der Waals surface area contributed by atoms with E-state index in [4.69, 9.17) is 5.73 Å². The maximum atomic E-state index is 11.2. The van der Waals surface area contributed by atoms with Gasteiger partial charge < -0.3 is 16.4 Å². The Morgan fingerprint density at radius 1 is 1.19 bits per heavy atom. The van der Waals surface area contributed by atoms with E-state index in [1.807, 2.05) is 0 Å². The van der Waals surface area contributed by atoms with Gasteiger partial charge in [0.05, 0.1) is 0 Å². The van der Waals surface area contributed by atoms with Gasteiger partial charge in [-0.3, -0.25) is 0 Å². The van der Waals surface area contributed by atoms with Crippen molar-refractivity contribution in [1.82, 2.24) is 10.6 Å². The summed E-state index contributed by atoms with van der Waals surface area (Å²) in [6.45, 7) is 3.67. The van der Waals surface area contributed by atoms with E-state index >= 15 is 0 Å². The molecule has 2 amide bonds. The third-order valence-corrected chi connectivity index (χ3v) is 2.25. The van der Waals surface area contributed by atoms with Crippen molar-refractivity contribution < 1.29 is 4.79 Å². The van der Waals surface area contributed by atoms with Gasteiger partial charge in [-0.1, -0.05) is 29.8 Å². The first-order valence-electron chi connectivity index (χ1n) is 5.49. The molecule has 0 atom stereocenters. The second-order valence-corrected chi connectivity index (χ2v) is 3.71. The summed E-state index contributed by atoms with van der Waals surface area (Å²) in [6.07, 6.45) is 0.844. The molecule has 0 fully saturated rings. The number of urea groups is 1. The molecule has 16 heavy (non-hydrogen) atoms. The molecule has 0 spiro atoms. The van der Waals surface area contributed by atoms with Crippen LogP contribution in [0.25, 0.3) is 0 Å². The molecular weight excluding hydrogens is 202 g/mol. The second-order valence-electron chi connectivity index (χ2n) is 3.71. The highest BCUT2D eigenvalue weighted by atomic mass is 16.2. The lowest BCUT2D eigenvalue weighted by Crippen LogP contribution is -2.39. The van der Waals surface area contributed by atoms with Crippen molar-refractivity contribution in [1.29, 1.82) is 0 Å². The van der Waals surface area contributed by atoms with Gasteiger partial charge in [-0.05, 0) is 18.9 Å². The summed E-state index contributed by atoms with van der Waals surface area (Å²) >= 11 is 0. The second kappa shape index (κ2) is 6.85. The van der Waals surface area contributed by atoms with Gasteiger partial charge in [0.1, 0.15) is 0 Å². The lowest BCUT2D eigenvalue weighted by atomic mass is 10.1. The summed E-state index contributed by atoms with van der Waals surface area (Å²) < 4.78 is 0. The first-order chi connectivity index (χ1) is 7.72. The smallest absolute Gasteiger partial charge is 0.314 e. The molecule has 88 valence electrons. The van der Waals surface area contributed by atoms with Crippen LogP contribution in [0.5, 0.6) is 0 Å². The highest BCUT2D eigenvalue weighted by molar-refractivity contribution is 5.73. The Morgan fingerprint density at radius 3 is 2.44 bits per heavy atom. The van der Waals surface area contributed by atoms with Crippen LogP contribution in [0.4, 0.5) is 4.79 Å². The van der Waals surface area contributed by atoms with Crippen molar-refractivity contribution >= 4 is 6.03 Å². The molecule has 0 unspecified atom stereocenters.